The number of aryl methyl sites for hydroxylation is 1. The maximum Gasteiger partial charge on any atom is 0.357 e. The first-order valence-electron chi connectivity index (χ1n) is 13.9. The summed E-state index contributed by atoms with van der Waals surface area (Å²) >= 11 is 1.37. The molecule has 222 valence electrons. The Hall–Kier alpha value is -4.13. The number of hydrogen-bond donors (Lipinski definition) is 1. The largest absolute Gasteiger partial charge is 0.461 e. The fourth-order valence-corrected chi connectivity index (χ4v) is 6.58. The van der Waals surface area contributed by atoms with E-state index in [1.165, 1.54) is 23.5 Å². The third kappa shape index (κ3) is 6.17. The molecule has 0 amide bonds. The number of halogens is 1. The van der Waals surface area contributed by atoms with Gasteiger partial charge in [0.2, 0.25) is 10.0 Å². The van der Waals surface area contributed by atoms with Gasteiger partial charge in [-0.2, -0.15) is 0 Å². The molecule has 5 aromatic rings. The molecule has 1 aliphatic rings. The number of carbonyl (C=O) groups is 1. The van der Waals surface area contributed by atoms with Crippen molar-refractivity contribution in [2.45, 2.75) is 37.6 Å². The van der Waals surface area contributed by atoms with Crippen LogP contribution < -0.4 is 5.14 Å². The van der Waals surface area contributed by atoms with Gasteiger partial charge in [0.1, 0.15) is 15.7 Å². The van der Waals surface area contributed by atoms with Gasteiger partial charge < -0.3 is 13.9 Å². The summed E-state index contributed by atoms with van der Waals surface area (Å²) in [5.41, 5.74) is 6.33. The number of hydrogen-bond acceptors (Lipinski definition) is 7. The Morgan fingerprint density at radius 2 is 1.95 bits per heavy atom. The van der Waals surface area contributed by atoms with Gasteiger partial charge in [0, 0.05) is 47.7 Å². The number of benzene rings is 2. The van der Waals surface area contributed by atoms with Crippen LogP contribution in [-0.2, 0) is 34.8 Å². The molecular weight excluding hydrogens is 590 g/mol. The molecule has 3 heterocycles. The minimum absolute atomic E-state index is 0.256. The van der Waals surface area contributed by atoms with Crippen molar-refractivity contribution in [3.8, 4) is 33.1 Å². The summed E-state index contributed by atoms with van der Waals surface area (Å²) in [6.07, 6.45) is 6.70. The van der Waals surface area contributed by atoms with E-state index in [-0.39, 0.29) is 18.8 Å². The van der Waals surface area contributed by atoms with Gasteiger partial charge in [0.15, 0.2) is 5.69 Å². The minimum atomic E-state index is -4.19. The first-order valence-corrected chi connectivity index (χ1v) is 16.3. The molecule has 0 unspecified atom stereocenters. The summed E-state index contributed by atoms with van der Waals surface area (Å²) in [7, 11) is -2.28. The molecule has 2 aromatic carbocycles. The molecule has 0 aliphatic heterocycles. The van der Waals surface area contributed by atoms with Crippen LogP contribution >= 0.6 is 11.3 Å². The number of nitrogens with two attached hydrogens (primary N) is 1. The van der Waals surface area contributed by atoms with E-state index in [1.54, 1.807) is 24.7 Å². The van der Waals surface area contributed by atoms with Crippen molar-refractivity contribution in [1.82, 2.24) is 19.1 Å². The maximum absolute atomic E-state index is 14.9. The number of aromatic nitrogens is 4. The van der Waals surface area contributed by atoms with Crippen LogP contribution in [0.3, 0.4) is 0 Å². The predicted octanol–water partition coefficient (Wildman–Crippen LogP) is 5.64. The van der Waals surface area contributed by atoms with E-state index in [9.17, 15) is 17.6 Å². The maximum atomic E-state index is 14.9. The topological polar surface area (TPSA) is 122 Å². The number of imidazole rings is 1. The van der Waals surface area contributed by atoms with E-state index < -0.39 is 26.7 Å². The zero-order valence-corrected chi connectivity index (χ0v) is 25.3. The average molecular weight is 620 g/mol. The zero-order chi connectivity index (χ0) is 30.3. The number of primary sulfonamides is 1. The van der Waals surface area contributed by atoms with E-state index in [1.807, 2.05) is 36.0 Å². The second-order valence-corrected chi connectivity index (χ2v) is 13.1. The number of esters is 1. The molecule has 43 heavy (non-hydrogen) atoms. The van der Waals surface area contributed by atoms with Crippen molar-refractivity contribution in [3.63, 3.8) is 0 Å². The summed E-state index contributed by atoms with van der Waals surface area (Å²) in [4.78, 5) is 21.0. The van der Waals surface area contributed by atoms with Crippen LogP contribution in [0.5, 0.6) is 0 Å². The summed E-state index contributed by atoms with van der Waals surface area (Å²) in [5, 5.41) is 7.59. The van der Waals surface area contributed by atoms with Crippen LogP contribution in [0.15, 0.2) is 71.3 Å². The monoisotopic (exact) mass is 619 g/mol. The third-order valence-corrected chi connectivity index (χ3v) is 9.23. The fourth-order valence-electron chi connectivity index (χ4n) is 5.16. The zero-order valence-electron chi connectivity index (χ0n) is 23.7. The van der Waals surface area contributed by atoms with E-state index in [4.69, 9.17) is 9.88 Å². The molecule has 3 aromatic heterocycles. The highest BCUT2D eigenvalue weighted by molar-refractivity contribution is 7.89. The lowest BCUT2D eigenvalue weighted by molar-refractivity contribution is 0.0520. The molecular formula is C31H30FN5O4S2. The van der Waals surface area contributed by atoms with Crippen LogP contribution in [0.4, 0.5) is 4.39 Å². The van der Waals surface area contributed by atoms with Crippen LogP contribution in [0.2, 0.25) is 0 Å². The first-order chi connectivity index (χ1) is 20.6. The molecule has 0 spiro atoms. The van der Waals surface area contributed by atoms with Crippen molar-refractivity contribution in [2.24, 2.45) is 18.1 Å². The van der Waals surface area contributed by atoms with Gasteiger partial charge in [-0.25, -0.2) is 32.7 Å². The lowest BCUT2D eigenvalue weighted by atomic mass is 10.1. The Balaban J connectivity index is 1.51. The fraction of sp³-hybridized carbons (Fsp3) is 0.258. The van der Waals surface area contributed by atoms with Crippen LogP contribution in [0, 0.1) is 11.7 Å². The molecule has 6 rings (SSSR count). The Kier molecular flexibility index (Phi) is 7.75. The molecule has 1 fully saturated rings. The van der Waals surface area contributed by atoms with Crippen molar-refractivity contribution < 1.29 is 22.3 Å². The average Bonchev–Trinajstić information content (AvgIpc) is 3.31. The van der Waals surface area contributed by atoms with Crippen LogP contribution in [0.1, 0.15) is 41.5 Å². The Bertz CT molecular complexity index is 1940. The van der Waals surface area contributed by atoms with Crippen molar-refractivity contribution >= 4 is 27.3 Å². The number of rotatable bonds is 10. The highest BCUT2D eigenvalue weighted by Gasteiger charge is 2.29. The van der Waals surface area contributed by atoms with Crippen molar-refractivity contribution in [3.05, 3.63) is 89.2 Å². The lowest BCUT2D eigenvalue weighted by Crippen LogP contribution is -2.14. The number of sulfonamides is 1. The lowest BCUT2D eigenvalue weighted by Gasteiger charge is -2.16. The molecule has 9 nitrogen and oxygen atoms in total. The Labute approximate surface area is 252 Å². The predicted molar refractivity (Wildman–Crippen MR) is 162 cm³/mol. The van der Waals surface area contributed by atoms with Crippen LogP contribution in [0.25, 0.3) is 33.1 Å². The van der Waals surface area contributed by atoms with E-state index in [2.05, 4.69) is 26.7 Å². The smallest absolute Gasteiger partial charge is 0.357 e. The third-order valence-electron chi connectivity index (χ3n) is 7.41. The summed E-state index contributed by atoms with van der Waals surface area (Å²) in [5.74, 6) is -0.859. The van der Waals surface area contributed by atoms with Gasteiger partial charge in [0.25, 0.3) is 0 Å². The molecule has 2 N–H and O–H groups in total. The molecule has 0 radical (unpaired) electrons. The van der Waals surface area contributed by atoms with Gasteiger partial charge in [-0.05, 0) is 67.5 Å². The van der Waals surface area contributed by atoms with E-state index >= 15 is 0 Å². The highest BCUT2D eigenvalue weighted by atomic mass is 32.2. The van der Waals surface area contributed by atoms with Gasteiger partial charge >= 0.3 is 5.97 Å². The van der Waals surface area contributed by atoms with Gasteiger partial charge in [-0.3, -0.25) is 0 Å². The molecule has 1 saturated carbocycles. The quantitative estimate of drug-likeness (QED) is 0.202. The highest BCUT2D eigenvalue weighted by Crippen LogP contribution is 2.41. The standard InChI is InChI=1S/C31H30FN5O4S2/c1-3-41-31(38)26-17-42-30(35-26)23-14-27(22-6-4-5-21(13-22)25-16-36(2)18-34-25)37(28(23)12-19-7-8-19)15-20-9-10-29(24(32)11-20)43(33,39)40/h4-6,9-11,13-14,16-19H,3,7-8,12,15H2,1-2H3,(H2,33,39,40). The molecule has 0 atom stereocenters. The molecule has 0 saturated heterocycles. The van der Waals surface area contributed by atoms with E-state index in [0.29, 0.717) is 16.5 Å². The second kappa shape index (κ2) is 11.5. The number of thiazole rings is 1. The number of ether oxygens (including phenoxy) is 1. The molecule has 12 heteroatoms. The number of nitrogens with zero attached hydrogens (tertiary/aromatic N) is 4. The van der Waals surface area contributed by atoms with Crippen molar-refractivity contribution in [1.29, 1.82) is 0 Å². The Morgan fingerprint density at radius 3 is 2.63 bits per heavy atom. The normalized spacial score (nSPS) is 13.4. The summed E-state index contributed by atoms with van der Waals surface area (Å²) in [6, 6.07) is 14.1. The van der Waals surface area contributed by atoms with Crippen LogP contribution in [-0.4, -0.2) is 40.1 Å². The second-order valence-electron chi connectivity index (χ2n) is 10.7. The molecule has 0 bridgehead atoms. The first kappa shape index (κ1) is 29.0. The summed E-state index contributed by atoms with van der Waals surface area (Å²) < 4.78 is 47.8. The Morgan fingerprint density at radius 1 is 1.16 bits per heavy atom. The van der Waals surface area contributed by atoms with Gasteiger partial charge in [-0.1, -0.05) is 24.3 Å². The SMILES string of the molecule is CCOC(=O)c1csc(-c2cc(-c3cccc(-c4cn(C)cn4)c3)n(Cc3ccc(S(N)(=O)=O)c(F)c3)c2CC2CC2)n1. The molecule has 1 aliphatic carbocycles. The number of carbonyl (C=O) groups excluding carboxylic acids is 1. The van der Waals surface area contributed by atoms with E-state index in [0.717, 1.165) is 53.0 Å². The minimum Gasteiger partial charge on any atom is -0.461 e. The van der Waals surface area contributed by atoms with Crippen molar-refractivity contribution in [2.75, 3.05) is 6.61 Å². The van der Waals surface area contributed by atoms with Gasteiger partial charge in [0.05, 0.1) is 18.6 Å². The summed E-state index contributed by atoms with van der Waals surface area (Å²) in [6.45, 7) is 2.29. The van der Waals surface area contributed by atoms with Gasteiger partial charge in [-0.15, -0.1) is 11.3 Å².